The SMILES string of the molecule is COC1CC(C(=O)O)N(C(=O)c2ccc(=O)n(-c3ccccc3)n2)C1. The summed E-state index contributed by atoms with van der Waals surface area (Å²) in [7, 11) is 1.48. The first-order valence-corrected chi connectivity index (χ1v) is 7.73. The molecule has 2 aromatic rings. The van der Waals surface area contributed by atoms with Crippen molar-refractivity contribution in [3.8, 4) is 5.69 Å². The third kappa shape index (κ3) is 3.29. The number of hydrogen-bond donors (Lipinski definition) is 1. The number of carbonyl (C=O) groups is 2. The Kier molecular flexibility index (Phi) is 4.62. The maximum absolute atomic E-state index is 12.7. The lowest BCUT2D eigenvalue weighted by Gasteiger charge is -2.20. The lowest BCUT2D eigenvalue weighted by atomic mass is 10.2. The number of methoxy groups -OCH3 is 1. The number of amides is 1. The first-order valence-electron chi connectivity index (χ1n) is 7.73. The van der Waals surface area contributed by atoms with Crippen LogP contribution in [0.25, 0.3) is 5.69 Å². The molecule has 1 fully saturated rings. The Balaban J connectivity index is 1.95. The van der Waals surface area contributed by atoms with Gasteiger partial charge in [0.15, 0.2) is 0 Å². The highest BCUT2D eigenvalue weighted by Gasteiger charge is 2.40. The first kappa shape index (κ1) is 16.8. The molecule has 0 bridgehead atoms. The monoisotopic (exact) mass is 343 g/mol. The molecule has 1 aliphatic rings. The van der Waals surface area contributed by atoms with Crippen molar-refractivity contribution in [2.45, 2.75) is 18.6 Å². The second kappa shape index (κ2) is 6.86. The molecule has 1 aromatic heterocycles. The smallest absolute Gasteiger partial charge is 0.326 e. The van der Waals surface area contributed by atoms with Crippen LogP contribution in [0.1, 0.15) is 16.9 Å². The molecule has 2 heterocycles. The van der Waals surface area contributed by atoms with E-state index in [1.165, 1.54) is 24.1 Å². The molecule has 1 saturated heterocycles. The zero-order valence-corrected chi connectivity index (χ0v) is 13.5. The van der Waals surface area contributed by atoms with Crippen molar-refractivity contribution in [2.75, 3.05) is 13.7 Å². The predicted molar refractivity (Wildman–Crippen MR) is 87.7 cm³/mol. The predicted octanol–water partition coefficient (Wildman–Crippen LogP) is 0.547. The number of rotatable bonds is 4. The maximum atomic E-state index is 12.7. The molecular formula is C17H17N3O5. The van der Waals surface area contributed by atoms with Crippen molar-refractivity contribution in [3.63, 3.8) is 0 Å². The molecule has 130 valence electrons. The molecule has 3 rings (SSSR count). The molecule has 0 radical (unpaired) electrons. The van der Waals surface area contributed by atoms with Crippen molar-refractivity contribution >= 4 is 11.9 Å². The fourth-order valence-electron chi connectivity index (χ4n) is 2.85. The van der Waals surface area contributed by atoms with E-state index in [4.69, 9.17) is 4.74 Å². The average molecular weight is 343 g/mol. The van der Waals surface area contributed by atoms with E-state index < -0.39 is 17.9 Å². The minimum absolute atomic E-state index is 0.00598. The number of carbonyl (C=O) groups excluding carboxylic acids is 1. The third-order valence-electron chi connectivity index (χ3n) is 4.16. The summed E-state index contributed by atoms with van der Waals surface area (Å²) in [6.07, 6.45) is -0.124. The van der Waals surface area contributed by atoms with Gasteiger partial charge in [-0.25, -0.2) is 4.79 Å². The number of nitrogens with zero attached hydrogens (tertiary/aromatic N) is 3. The number of carboxylic acids is 1. The minimum Gasteiger partial charge on any atom is -0.480 e. The van der Waals surface area contributed by atoms with Crippen LogP contribution in [0.3, 0.4) is 0 Å². The van der Waals surface area contributed by atoms with Gasteiger partial charge in [-0.05, 0) is 18.2 Å². The van der Waals surface area contributed by atoms with Gasteiger partial charge >= 0.3 is 5.97 Å². The lowest BCUT2D eigenvalue weighted by Crippen LogP contribution is -2.41. The Morgan fingerprint density at radius 1 is 1.20 bits per heavy atom. The molecule has 0 saturated carbocycles. The summed E-state index contributed by atoms with van der Waals surface area (Å²) < 4.78 is 6.31. The van der Waals surface area contributed by atoms with E-state index in [0.29, 0.717) is 5.69 Å². The fraction of sp³-hybridized carbons (Fsp3) is 0.294. The van der Waals surface area contributed by atoms with E-state index in [0.717, 1.165) is 4.68 Å². The lowest BCUT2D eigenvalue weighted by molar-refractivity contribution is -0.141. The Morgan fingerprint density at radius 3 is 2.56 bits per heavy atom. The van der Waals surface area contributed by atoms with Gasteiger partial charge in [0.25, 0.3) is 11.5 Å². The van der Waals surface area contributed by atoms with Crippen LogP contribution in [-0.4, -0.2) is 57.5 Å². The van der Waals surface area contributed by atoms with Crippen LogP contribution in [0.15, 0.2) is 47.3 Å². The average Bonchev–Trinajstić information content (AvgIpc) is 3.07. The van der Waals surface area contributed by atoms with Crippen molar-refractivity contribution in [1.82, 2.24) is 14.7 Å². The molecule has 1 aromatic carbocycles. The number of likely N-dealkylation sites (tertiary alicyclic amines) is 1. The van der Waals surface area contributed by atoms with Gasteiger partial charge in [0.1, 0.15) is 11.7 Å². The van der Waals surface area contributed by atoms with Crippen molar-refractivity contribution in [2.24, 2.45) is 0 Å². The Labute approximate surface area is 143 Å². The molecule has 1 N–H and O–H groups in total. The normalized spacial score (nSPS) is 19.8. The van der Waals surface area contributed by atoms with Gasteiger partial charge in [0.05, 0.1) is 11.8 Å². The first-order chi connectivity index (χ1) is 12.0. The van der Waals surface area contributed by atoms with Gasteiger partial charge in [-0.2, -0.15) is 9.78 Å². The van der Waals surface area contributed by atoms with E-state index in [2.05, 4.69) is 5.10 Å². The Bertz CT molecular complexity index is 849. The van der Waals surface area contributed by atoms with Gasteiger partial charge in [0.2, 0.25) is 0 Å². The van der Waals surface area contributed by atoms with E-state index in [1.807, 2.05) is 0 Å². The van der Waals surface area contributed by atoms with Crippen molar-refractivity contribution in [3.05, 3.63) is 58.5 Å². The van der Waals surface area contributed by atoms with Gasteiger partial charge in [0, 0.05) is 26.1 Å². The zero-order chi connectivity index (χ0) is 18.0. The molecule has 0 spiro atoms. The summed E-state index contributed by atoms with van der Waals surface area (Å²) in [4.78, 5) is 37.4. The van der Waals surface area contributed by atoms with Crippen LogP contribution in [0, 0.1) is 0 Å². The minimum atomic E-state index is -1.09. The van der Waals surface area contributed by atoms with Gasteiger partial charge < -0.3 is 14.7 Å². The topological polar surface area (TPSA) is 102 Å². The summed E-state index contributed by atoms with van der Waals surface area (Å²) in [6, 6.07) is 10.3. The van der Waals surface area contributed by atoms with Gasteiger partial charge in [-0.15, -0.1) is 0 Å². The molecule has 8 heteroatoms. The molecule has 1 aliphatic heterocycles. The summed E-state index contributed by atoms with van der Waals surface area (Å²) in [6.45, 7) is 0.165. The summed E-state index contributed by atoms with van der Waals surface area (Å²) in [5.74, 6) is -1.64. The molecule has 1 amide bonds. The number of ether oxygens (including phenoxy) is 1. The van der Waals surface area contributed by atoms with Crippen molar-refractivity contribution in [1.29, 1.82) is 0 Å². The standard InChI is InChI=1S/C17H17N3O5/c1-25-12-9-14(17(23)24)19(10-12)16(22)13-7-8-15(21)20(18-13)11-5-3-2-4-6-11/h2-8,12,14H,9-10H2,1H3,(H,23,24). The molecule has 8 nitrogen and oxygen atoms in total. The Morgan fingerprint density at radius 2 is 1.92 bits per heavy atom. The summed E-state index contributed by atoms with van der Waals surface area (Å²) in [5.41, 5.74) is 0.147. The van der Waals surface area contributed by atoms with E-state index in [-0.39, 0.29) is 30.3 Å². The number of benzene rings is 1. The van der Waals surface area contributed by atoms with Crippen LogP contribution >= 0.6 is 0 Å². The number of aliphatic carboxylic acids is 1. The molecule has 2 unspecified atom stereocenters. The van der Waals surface area contributed by atoms with E-state index in [9.17, 15) is 19.5 Å². The highest BCUT2D eigenvalue weighted by molar-refractivity contribution is 5.95. The zero-order valence-electron chi connectivity index (χ0n) is 13.5. The quantitative estimate of drug-likeness (QED) is 0.870. The van der Waals surface area contributed by atoms with Crippen molar-refractivity contribution < 1.29 is 19.4 Å². The number of carboxylic acid groups (broad SMARTS) is 1. The molecule has 2 atom stereocenters. The molecule has 25 heavy (non-hydrogen) atoms. The van der Waals surface area contributed by atoms with Crippen LogP contribution in [0.5, 0.6) is 0 Å². The van der Waals surface area contributed by atoms with Gasteiger partial charge in [-0.1, -0.05) is 18.2 Å². The van der Waals surface area contributed by atoms with E-state index >= 15 is 0 Å². The van der Waals surface area contributed by atoms with Crippen LogP contribution in [0.4, 0.5) is 0 Å². The summed E-state index contributed by atoms with van der Waals surface area (Å²) in [5, 5.41) is 13.5. The Hall–Kier alpha value is -3.00. The largest absolute Gasteiger partial charge is 0.480 e. The highest BCUT2D eigenvalue weighted by Crippen LogP contribution is 2.22. The number of hydrogen-bond acceptors (Lipinski definition) is 5. The van der Waals surface area contributed by atoms with Crippen LogP contribution < -0.4 is 5.56 Å². The maximum Gasteiger partial charge on any atom is 0.326 e. The number of aromatic nitrogens is 2. The van der Waals surface area contributed by atoms with Crippen LogP contribution in [0.2, 0.25) is 0 Å². The third-order valence-corrected chi connectivity index (χ3v) is 4.16. The van der Waals surface area contributed by atoms with E-state index in [1.54, 1.807) is 30.3 Å². The second-order valence-corrected chi connectivity index (χ2v) is 5.71. The summed E-state index contributed by atoms with van der Waals surface area (Å²) >= 11 is 0. The molecular weight excluding hydrogens is 326 g/mol. The molecule has 0 aliphatic carbocycles. The fourth-order valence-corrected chi connectivity index (χ4v) is 2.85. The van der Waals surface area contributed by atoms with Gasteiger partial charge in [-0.3, -0.25) is 9.59 Å². The highest BCUT2D eigenvalue weighted by atomic mass is 16.5. The second-order valence-electron chi connectivity index (χ2n) is 5.71. The van der Waals surface area contributed by atoms with Crippen LogP contribution in [-0.2, 0) is 9.53 Å². The number of para-hydroxylation sites is 1.